The van der Waals surface area contributed by atoms with Gasteiger partial charge in [-0.05, 0) is 54.3 Å². The number of anilines is 1. The molecular weight excluding hydrogens is 310 g/mol. The van der Waals surface area contributed by atoms with Crippen LogP contribution in [-0.4, -0.2) is 12.0 Å². The number of benzene rings is 3. The number of carbonyl (C=O) groups is 1. The Morgan fingerprint density at radius 2 is 1.64 bits per heavy atom. The van der Waals surface area contributed by atoms with Gasteiger partial charge in [0.2, 0.25) is 0 Å². The minimum Gasteiger partial charge on any atom is -0.481 e. The second-order valence-electron chi connectivity index (χ2n) is 6.28. The molecule has 3 heteroatoms. The van der Waals surface area contributed by atoms with Crippen molar-refractivity contribution < 1.29 is 9.53 Å². The van der Waals surface area contributed by atoms with E-state index in [9.17, 15) is 4.79 Å². The molecule has 0 aliphatic heterocycles. The van der Waals surface area contributed by atoms with Crippen molar-refractivity contribution in [1.82, 2.24) is 0 Å². The molecule has 0 aromatic heterocycles. The van der Waals surface area contributed by atoms with Crippen molar-refractivity contribution >= 4 is 22.4 Å². The molecule has 3 rings (SSSR count). The number of amides is 1. The molecule has 1 unspecified atom stereocenters. The summed E-state index contributed by atoms with van der Waals surface area (Å²) in [5, 5.41) is 5.28. The predicted octanol–water partition coefficient (Wildman–Crippen LogP) is 5.25. The fraction of sp³-hybridized carbons (Fsp3) is 0.227. The van der Waals surface area contributed by atoms with Crippen molar-refractivity contribution in [3.05, 3.63) is 71.8 Å². The van der Waals surface area contributed by atoms with Gasteiger partial charge in [-0.25, -0.2) is 0 Å². The lowest BCUT2D eigenvalue weighted by atomic mass is 10.1. The molecule has 1 amide bonds. The van der Waals surface area contributed by atoms with E-state index in [4.69, 9.17) is 4.74 Å². The summed E-state index contributed by atoms with van der Waals surface area (Å²) in [5.41, 5.74) is 2.97. The Hall–Kier alpha value is -2.81. The smallest absolute Gasteiger partial charge is 0.265 e. The largest absolute Gasteiger partial charge is 0.481 e. The number of hydrogen-bond acceptors (Lipinski definition) is 2. The average Bonchev–Trinajstić information content (AvgIpc) is 2.62. The minimum atomic E-state index is -0.528. The molecule has 3 aromatic carbocycles. The van der Waals surface area contributed by atoms with Gasteiger partial charge in [-0.1, -0.05) is 55.5 Å². The first-order valence-corrected chi connectivity index (χ1v) is 8.61. The van der Waals surface area contributed by atoms with Crippen LogP contribution in [0.4, 0.5) is 5.69 Å². The third kappa shape index (κ3) is 3.82. The highest BCUT2D eigenvalue weighted by Gasteiger charge is 2.20. The van der Waals surface area contributed by atoms with Gasteiger partial charge in [0.15, 0.2) is 6.10 Å². The number of nitrogens with one attached hydrogen (secondary N) is 1. The fourth-order valence-electron chi connectivity index (χ4n) is 2.94. The standard InChI is InChI=1S/C22H23NO2/c1-4-20(22(24)23-21-15(2)8-7-9-16(21)3)25-19-13-12-17-10-5-6-11-18(17)14-19/h5-14,20H,4H2,1-3H3,(H,23,24). The number of para-hydroxylation sites is 1. The van der Waals surface area contributed by atoms with Crippen molar-refractivity contribution in [2.75, 3.05) is 5.32 Å². The summed E-state index contributed by atoms with van der Waals surface area (Å²) >= 11 is 0. The van der Waals surface area contributed by atoms with Crippen molar-refractivity contribution in [3.63, 3.8) is 0 Å². The van der Waals surface area contributed by atoms with Crippen LogP contribution < -0.4 is 10.1 Å². The minimum absolute atomic E-state index is 0.118. The van der Waals surface area contributed by atoms with Gasteiger partial charge in [0.05, 0.1) is 0 Å². The Labute approximate surface area is 148 Å². The predicted molar refractivity (Wildman–Crippen MR) is 103 cm³/mol. The van der Waals surface area contributed by atoms with E-state index in [0.29, 0.717) is 12.2 Å². The van der Waals surface area contributed by atoms with E-state index < -0.39 is 6.10 Å². The van der Waals surface area contributed by atoms with Crippen molar-refractivity contribution in [2.24, 2.45) is 0 Å². The molecule has 128 valence electrons. The number of hydrogen-bond donors (Lipinski definition) is 1. The topological polar surface area (TPSA) is 38.3 Å². The van der Waals surface area contributed by atoms with Crippen LogP contribution in [0.15, 0.2) is 60.7 Å². The molecule has 25 heavy (non-hydrogen) atoms. The maximum absolute atomic E-state index is 12.7. The molecule has 0 heterocycles. The molecule has 1 N–H and O–H groups in total. The second kappa shape index (κ2) is 7.39. The van der Waals surface area contributed by atoms with Crippen LogP contribution in [0.25, 0.3) is 10.8 Å². The van der Waals surface area contributed by atoms with Crippen LogP contribution >= 0.6 is 0 Å². The molecule has 0 aliphatic carbocycles. The average molecular weight is 333 g/mol. The molecule has 1 atom stereocenters. The summed E-state index contributed by atoms with van der Waals surface area (Å²) in [5.74, 6) is 0.593. The Morgan fingerprint density at radius 1 is 0.960 bits per heavy atom. The van der Waals surface area contributed by atoms with Crippen LogP contribution in [0.2, 0.25) is 0 Å². The third-order valence-corrected chi connectivity index (χ3v) is 4.39. The maximum atomic E-state index is 12.7. The van der Waals surface area contributed by atoms with Crippen molar-refractivity contribution in [2.45, 2.75) is 33.3 Å². The summed E-state index contributed by atoms with van der Waals surface area (Å²) in [6.45, 7) is 5.94. The zero-order chi connectivity index (χ0) is 17.8. The summed E-state index contributed by atoms with van der Waals surface area (Å²) in [6.07, 6.45) is 0.0732. The first-order chi connectivity index (χ1) is 12.1. The van der Waals surface area contributed by atoms with Gasteiger partial charge in [0.25, 0.3) is 5.91 Å². The van der Waals surface area contributed by atoms with Crippen LogP contribution in [0.5, 0.6) is 5.75 Å². The van der Waals surface area contributed by atoms with E-state index in [1.807, 2.05) is 75.4 Å². The highest BCUT2D eigenvalue weighted by atomic mass is 16.5. The molecular formula is C22H23NO2. The van der Waals surface area contributed by atoms with Crippen LogP contribution in [0.3, 0.4) is 0 Å². The quantitative estimate of drug-likeness (QED) is 0.692. The van der Waals surface area contributed by atoms with Gasteiger partial charge in [-0.15, -0.1) is 0 Å². The van der Waals surface area contributed by atoms with Gasteiger partial charge >= 0.3 is 0 Å². The van der Waals surface area contributed by atoms with E-state index in [2.05, 4.69) is 11.4 Å². The normalized spacial score (nSPS) is 12.0. The molecule has 0 saturated heterocycles. The molecule has 0 spiro atoms. The molecule has 0 fully saturated rings. The zero-order valence-corrected chi connectivity index (χ0v) is 14.9. The summed E-state index contributed by atoms with van der Waals surface area (Å²) < 4.78 is 5.97. The van der Waals surface area contributed by atoms with Gasteiger partial charge in [0.1, 0.15) is 5.75 Å². The Morgan fingerprint density at radius 3 is 2.32 bits per heavy atom. The van der Waals surface area contributed by atoms with E-state index in [1.165, 1.54) is 0 Å². The molecule has 0 bridgehead atoms. The highest BCUT2D eigenvalue weighted by molar-refractivity contribution is 5.95. The Bertz CT molecular complexity index is 881. The van der Waals surface area contributed by atoms with Crippen LogP contribution in [0.1, 0.15) is 24.5 Å². The van der Waals surface area contributed by atoms with Crippen molar-refractivity contribution in [1.29, 1.82) is 0 Å². The molecule has 3 nitrogen and oxygen atoms in total. The lowest BCUT2D eigenvalue weighted by Crippen LogP contribution is -2.32. The monoisotopic (exact) mass is 333 g/mol. The second-order valence-corrected chi connectivity index (χ2v) is 6.28. The first-order valence-electron chi connectivity index (χ1n) is 8.61. The van der Waals surface area contributed by atoms with Gasteiger partial charge in [-0.3, -0.25) is 4.79 Å². The van der Waals surface area contributed by atoms with Crippen LogP contribution in [-0.2, 0) is 4.79 Å². The molecule has 0 saturated carbocycles. The lowest BCUT2D eigenvalue weighted by molar-refractivity contribution is -0.122. The Kier molecular flexibility index (Phi) is 5.03. The zero-order valence-electron chi connectivity index (χ0n) is 14.9. The maximum Gasteiger partial charge on any atom is 0.265 e. The number of ether oxygens (including phenoxy) is 1. The number of fused-ring (bicyclic) bond motifs is 1. The fourth-order valence-corrected chi connectivity index (χ4v) is 2.94. The molecule has 0 aliphatic rings. The SMILES string of the molecule is CCC(Oc1ccc2ccccc2c1)C(=O)Nc1c(C)cccc1C. The lowest BCUT2D eigenvalue weighted by Gasteiger charge is -2.19. The van der Waals surface area contributed by atoms with Crippen LogP contribution in [0, 0.1) is 13.8 Å². The number of carbonyl (C=O) groups excluding carboxylic acids is 1. The van der Waals surface area contributed by atoms with E-state index >= 15 is 0 Å². The molecule has 0 radical (unpaired) electrons. The highest BCUT2D eigenvalue weighted by Crippen LogP contribution is 2.23. The summed E-state index contributed by atoms with van der Waals surface area (Å²) in [4.78, 5) is 12.7. The van der Waals surface area contributed by atoms with Gasteiger partial charge < -0.3 is 10.1 Å². The van der Waals surface area contributed by atoms with E-state index in [0.717, 1.165) is 27.6 Å². The summed E-state index contributed by atoms with van der Waals surface area (Å²) in [7, 11) is 0. The van der Waals surface area contributed by atoms with E-state index in [1.54, 1.807) is 0 Å². The van der Waals surface area contributed by atoms with Gasteiger partial charge in [0, 0.05) is 5.69 Å². The molecule has 3 aromatic rings. The summed E-state index contributed by atoms with van der Waals surface area (Å²) in [6, 6.07) is 20.0. The Balaban J connectivity index is 1.78. The third-order valence-electron chi connectivity index (χ3n) is 4.39. The van der Waals surface area contributed by atoms with Gasteiger partial charge in [-0.2, -0.15) is 0 Å². The number of aryl methyl sites for hydroxylation is 2. The van der Waals surface area contributed by atoms with E-state index in [-0.39, 0.29) is 5.91 Å². The first kappa shape index (κ1) is 17.0. The van der Waals surface area contributed by atoms with Crippen molar-refractivity contribution in [3.8, 4) is 5.75 Å². The number of rotatable bonds is 5.